The third-order valence-corrected chi connectivity index (χ3v) is 11.2. The van der Waals surface area contributed by atoms with Crippen LogP contribution in [0.2, 0.25) is 0 Å². The van der Waals surface area contributed by atoms with Gasteiger partial charge in [-0.1, -0.05) is 60.0 Å². The van der Waals surface area contributed by atoms with E-state index in [2.05, 4.69) is 40.7 Å². The number of rotatable bonds is 5. The summed E-state index contributed by atoms with van der Waals surface area (Å²) in [5, 5.41) is 9.95. The van der Waals surface area contributed by atoms with Crippen molar-refractivity contribution in [3.05, 3.63) is 11.6 Å². The maximum absolute atomic E-state index is 10.5. The van der Waals surface area contributed by atoms with E-state index < -0.39 is 6.10 Å². The molecule has 0 aromatic carbocycles. The van der Waals surface area contributed by atoms with Crippen molar-refractivity contribution >= 4 is 23.2 Å². The molecule has 4 aliphatic carbocycles. The van der Waals surface area contributed by atoms with Gasteiger partial charge in [0.15, 0.2) is 0 Å². The van der Waals surface area contributed by atoms with Gasteiger partial charge in [-0.25, -0.2) is 0 Å². The first-order chi connectivity index (χ1) is 14.1. The normalized spacial score (nSPS) is 49.2. The van der Waals surface area contributed by atoms with E-state index in [0.29, 0.717) is 11.3 Å². The highest BCUT2D eigenvalue weighted by Gasteiger charge is 2.60. The molecular weight excluding hydrogens is 411 g/mol. The Balaban J connectivity index is 1.53. The molecule has 1 N–H and O–H groups in total. The molecule has 0 saturated heterocycles. The van der Waals surface area contributed by atoms with Crippen LogP contribution in [0.3, 0.4) is 0 Å². The summed E-state index contributed by atoms with van der Waals surface area (Å²) in [5.41, 5.74) is 1.88. The molecule has 3 fully saturated rings. The molecule has 0 radical (unpaired) electrons. The first kappa shape index (κ1) is 23.4. The Morgan fingerprint density at radius 3 is 2.50 bits per heavy atom. The maximum atomic E-state index is 10.5. The van der Waals surface area contributed by atoms with Crippen molar-refractivity contribution in [2.45, 2.75) is 109 Å². The minimum absolute atomic E-state index is 0.0727. The number of hydrogen-bond donors (Lipinski definition) is 1. The van der Waals surface area contributed by atoms with Crippen LogP contribution in [0.4, 0.5) is 0 Å². The van der Waals surface area contributed by atoms with Gasteiger partial charge in [0.2, 0.25) is 0 Å². The van der Waals surface area contributed by atoms with Crippen molar-refractivity contribution in [3.8, 4) is 0 Å². The van der Waals surface area contributed by atoms with Crippen LogP contribution in [0.5, 0.6) is 0 Å². The second-order valence-corrected chi connectivity index (χ2v) is 13.4. The van der Waals surface area contributed by atoms with Crippen LogP contribution in [0.1, 0.15) is 92.4 Å². The lowest BCUT2D eigenvalue weighted by Crippen LogP contribution is -2.55. The van der Waals surface area contributed by atoms with Gasteiger partial charge < -0.3 is 5.11 Å². The highest BCUT2D eigenvalue weighted by molar-refractivity contribution is 6.26. The lowest BCUT2D eigenvalue weighted by molar-refractivity contribution is -0.0559. The molecule has 2 unspecified atom stereocenters. The van der Waals surface area contributed by atoms with E-state index in [0.717, 1.165) is 42.4 Å². The minimum Gasteiger partial charge on any atom is -0.390 e. The molecule has 0 heterocycles. The van der Waals surface area contributed by atoms with E-state index in [1.165, 1.54) is 50.5 Å². The topological polar surface area (TPSA) is 20.2 Å². The van der Waals surface area contributed by atoms with Crippen LogP contribution >= 0.6 is 23.2 Å². The quantitative estimate of drug-likeness (QED) is 0.331. The molecule has 10 atom stereocenters. The first-order valence-electron chi connectivity index (χ1n) is 12.8. The molecule has 0 aromatic rings. The van der Waals surface area contributed by atoms with Gasteiger partial charge in [-0.05, 0) is 90.4 Å². The molecule has 172 valence electrons. The molecule has 4 aliphatic rings. The Hall–Kier alpha value is 0.280. The SMILES string of the molecule is CC(C)CCC[C@@H](C)[C@H]1CC[C@H]2[C@@H]3CC=C4C(Cl)[C@@H](O)C(Cl)C[C@]4(C)[C@H]3CC[C@]12C. The first-order valence-corrected chi connectivity index (χ1v) is 13.6. The molecule has 0 bridgehead atoms. The van der Waals surface area contributed by atoms with Crippen LogP contribution in [-0.2, 0) is 0 Å². The van der Waals surface area contributed by atoms with Crippen LogP contribution in [0, 0.1) is 46.3 Å². The van der Waals surface area contributed by atoms with E-state index in [4.69, 9.17) is 23.2 Å². The van der Waals surface area contributed by atoms with E-state index in [1.807, 2.05) is 0 Å². The Morgan fingerprint density at radius 2 is 1.80 bits per heavy atom. The van der Waals surface area contributed by atoms with Crippen LogP contribution in [0.25, 0.3) is 0 Å². The van der Waals surface area contributed by atoms with Crippen molar-refractivity contribution in [2.75, 3.05) is 0 Å². The third-order valence-electron chi connectivity index (χ3n) is 10.3. The van der Waals surface area contributed by atoms with E-state index in [9.17, 15) is 5.11 Å². The number of fused-ring (bicyclic) bond motifs is 5. The maximum Gasteiger partial charge on any atom is 0.0905 e. The van der Waals surface area contributed by atoms with Crippen LogP contribution < -0.4 is 0 Å². The largest absolute Gasteiger partial charge is 0.390 e. The van der Waals surface area contributed by atoms with Crippen molar-refractivity contribution in [1.29, 1.82) is 0 Å². The Labute approximate surface area is 195 Å². The minimum atomic E-state index is -0.611. The van der Waals surface area contributed by atoms with Crippen molar-refractivity contribution in [1.82, 2.24) is 0 Å². The molecule has 0 aliphatic heterocycles. The van der Waals surface area contributed by atoms with Crippen LogP contribution in [-0.4, -0.2) is 22.0 Å². The Kier molecular flexibility index (Phi) is 6.69. The fourth-order valence-electron chi connectivity index (χ4n) is 8.73. The molecular formula is C27H44Cl2O. The van der Waals surface area contributed by atoms with Gasteiger partial charge in [0.25, 0.3) is 0 Å². The Bertz CT molecular complexity index is 659. The van der Waals surface area contributed by atoms with Gasteiger partial charge in [-0.15, -0.1) is 23.2 Å². The molecule has 4 rings (SSSR count). The summed E-state index contributed by atoms with van der Waals surface area (Å²) in [6.45, 7) is 12.3. The average Bonchev–Trinajstić information content (AvgIpc) is 3.03. The summed E-state index contributed by atoms with van der Waals surface area (Å²) in [6.07, 6.45) is 13.5. The fraction of sp³-hybridized carbons (Fsp3) is 0.926. The smallest absolute Gasteiger partial charge is 0.0905 e. The zero-order valence-electron chi connectivity index (χ0n) is 19.8. The lowest BCUT2D eigenvalue weighted by Gasteiger charge is -2.59. The van der Waals surface area contributed by atoms with E-state index in [-0.39, 0.29) is 16.2 Å². The lowest BCUT2D eigenvalue weighted by atomic mass is 9.47. The number of alkyl halides is 2. The number of hydrogen-bond acceptors (Lipinski definition) is 1. The standard InChI is InChI=1S/C27H44Cl2O/c1-16(2)7-6-8-17(3)19-11-12-20-18-9-10-22-24(29)25(30)23(28)15-27(22,5)21(18)13-14-26(19,20)4/h10,16-21,23-25,30H,6-9,11-15H2,1-5H3/t17-,18+,19-,20+,21+,23?,24?,25+,26-,27-/m1/s1. The molecule has 0 amide bonds. The predicted molar refractivity (Wildman–Crippen MR) is 129 cm³/mol. The number of allylic oxidation sites excluding steroid dienone is 1. The van der Waals surface area contributed by atoms with E-state index in [1.54, 1.807) is 0 Å². The zero-order chi connectivity index (χ0) is 21.8. The average molecular weight is 456 g/mol. The molecule has 3 saturated carbocycles. The summed E-state index contributed by atoms with van der Waals surface area (Å²) in [6, 6.07) is 0. The fourth-order valence-corrected chi connectivity index (χ4v) is 9.79. The third kappa shape index (κ3) is 3.71. The predicted octanol–water partition coefficient (Wildman–Crippen LogP) is 7.82. The van der Waals surface area contributed by atoms with Gasteiger partial charge in [0, 0.05) is 0 Å². The summed E-state index contributed by atoms with van der Waals surface area (Å²) in [7, 11) is 0. The number of aliphatic hydroxyl groups excluding tert-OH is 1. The summed E-state index contributed by atoms with van der Waals surface area (Å²) in [5.74, 6) is 4.87. The van der Waals surface area contributed by atoms with Gasteiger partial charge in [0.05, 0.1) is 16.9 Å². The Morgan fingerprint density at radius 1 is 1.07 bits per heavy atom. The number of aliphatic hydroxyl groups is 1. The molecule has 3 heteroatoms. The van der Waals surface area contributed by atoms with Gasteiger partial charge >= 0.3 is 0 Å². The molecule has 0 spiro atoms. The second-order valence-electron chi connectivity index (χ2n) is 12.3. The summed E-state index contributed by atoms with van der Waals surface area (Å²) in [4.78, 5) is 0. The van der Waals surface area contributed by atoms with Gasteiger partial charge in [-0.3, -0.25) is 0 Å². The van der Waals surface area contributed by atoms with Crippen molar-refractivity contribution in [2.24, 2.45) is 46.3 Å². The van der Waals surface area contributed by atoms with Gasteiger partial charge in [0.1, 0.15) is 0 Å². The van der Waals surface area contributed by atoms with Gasteiger partial charge in [-0.2, -0.15) is 0 Å². The van der Waals surface area contributed by atoms with Crippen molar-refractivity contribution < 1.29 is 5.11 Å². The highest BCUT2D eigenvalue weighted by atomic mass is 35.5. The number of halogens is 2. The van der Waals surface area contributed by atoms with E-state index >= 15 is 0 Å². The van der Waals surface area contributed by atoms with Crippen molar-refractivity contribution in [3.63, 3.8) is 0 Å². The van der Waals surface area contributed by atoms with Crippen LogP contribution in [0.15, 0.2) is 11.6 Å². The molecule has 0 aromatic heterocycles. The molecule has 30 heavy (non-hydrogen) atoms. The monoisotopic (exact) mass is 454 g/mol. The summed E-state index contributed by atoms with van der Waals surface area (Å²) >= 11 is 13.3. The summed E-state index contributed by atoms with van der Waals surface area (Å²) < 4.78 is 0. The molecule has 1 nitrogen and oxygen atoms in total. The zero-order valence-corrected chi connectivity index (χ0v) is 21.4. The highest BCUT2D eigenvalue weighted by Crippen LogP contribution is 2.67. The second kappa shape index (κ2) is 8.57.